The third-order valence-corrected chi connectivity index (χ3v) is 2.99. The molecule has 7 nitrogen and oxygen atoms in total. The smallest absolute Gasteiger partial charge is 0.407 e. The maximum atomic E-state index is 11.6. The molecule has 1 aromatic carbocycles. The second-order valence-electron chi connectivity index (χ2n) is 4.60. The first-order valence-electron chi connectivity index (χ1n) is 6.68. The number of ether oxygens (including phenoxy) is 1. The number of carboxylic acids is 1. The van der Waals surface area contributed by atoms with Gasteiger partial charge in [-0.15, -0.1) is 0 Å². The molecule has 0 fully saturated rings. The number of aliphatic carboxylic acids is 1. The Balaban J connectivity index is 2.32. The molecule has 8 heteroatoms. The van der Waals surface area contributed by atoms with E-state index >= 15 is 0 Å². The first-order chi connectivity index (χ1) is 10.9. The van der Waals surface area contributed by atoms with E-state index in [-0.39, 0.29) is 19.6 Å². The number of carbonyl (C=O) groups excluding carboxylic acids is 2. The van der Waals surface area contributed by atoms with Crippen molar-refractivity contribution in [1.29, 1.82) is 0 Å². The van der Waals surface area contributed by atoms with Crippen molar-refractivity contribution in [3.05, 3.63) is 47.0 Å². The molecular formula is C15H17BrN2O5. The fourth-order valence-electron chi connectivity index (χ4n) is 1.59. The van der Waals surface area contributed by atoms with E-state index in [0.29, 0.717) is 4.48 Å². The second-order valence-corrected chi connectivity index (χ2v) is 5.72. The molecule has 0 unspecified atom stereocenters. The average molecular weight is 385 g/mol. The molecule has 1 rings (SSSR count). The highest BCUT2D eigenvalue weighted by Gasteiger charge is 2.20. The highest BCUT2D eigenvalue weighted by atomic mass is 79.9. The van der Waals surface area contributed by atoms with E-state index in [1.165, 1.54) is 0 Å². The molecular weight excluding hydrogens is 368 g/mol. The van der Waals surface area contributed by atoms with Gasteiger partial charge in [0.25, 0.3) is 0 Å². The van der Waals surface area contributed by atoms with E-state index in [2.05, 4.69) is 33.1 Å². The number of carboxylic acid groups (broad SMARTS) is 1. The van der Waals surface area contributed by atoms with E-state index in [1.54, 1.807) is 12.1 Å². The maximum absolute atomic E-state index is 11.6. The van der Waals surface area contributed by atoms with E-state index in [9.17, 15) is 14.4 Å². The van der Waals surface area contributed by atoms with Crippen molar-refractivity contribution in [3.8, 4) is 0 Å². The molecule has 0 bridgehead atoms. The fraction of sp³-hybridized carbons (Fsp3) is 0.267. The summed E-state index contributed by atoms with van der Waals surface area (Å²) in [6, 6.07) is 7.95. The summed E-state index contributed by atoms with van der Waals surface area (Å²) in [5.41, 5.74) is 0.814. The van der Waals surface area contributed by atoms with Gasteiger partial charge in [-0.1, -0.05) is 52.8 Å². The van der Waals surface area contributed by atoms with Crippen LogP contribution in [0.4, 0.5) is 4.79 Å². The van der Waals surface area contributed by atoms with Crippen molar-refractivity contribution >= 4 is 33.9 Å². The molecule has 0 aliphatic rings. The number of amides is 2. The SMILES string of the molecule is C=C(Br)C[C@H](NC(=O)CNC(=O)OCc1ccccc1)C(=O)O. The largest absolute Gasteiger partial charge is 0.480 e. The molecule has 124 valence electrons. The Kier molecular flexibility index (Phi) is 7.82. The topological polar surface area (TPSA) is 105 Å². The standard InChI is InChI=1S/C15H17BrN2O5/c1-10(16)7-12(14(20)21)18-13(19)8-17-15(22)23-9-11-5-3-2-4-6-11/h2-6,12H,1,7-9H2,(H,17,22)(H,18,19)(H,20,21)/t12-/m0/s1. The van der Waals surface area contributed by atoms with Gasteiger partial charge in [-0.3, -0.25) is 4.79 Å². The van der Waals surface area contributed by atoms with Gasteiger partial charge in [0.1, 0.15) is 19.2 Å². The zero-order valence-electron chi connectivity index (χ0n) is 12.3. The van der Waals surface area contributed by atoms with Gasteiger partial charge in [0.05, 0.1) is 0 Å². The molecule has 2 amide bonds. The number of nitrogens with one attached hydrogen (secondary N) is 2. The van der Waals surface area contributed by atoms with Crippen molar-refractivity contribution in [2.75, 3.05) is 6.54 Å². The van der Waals surface area contributed by atoms with Crippen LogP contribution in [0.1, 0.15) is 12.0 Å². The highest BCUT2D eigenvalue weighted by Crippen LogP contribution is 2.10. The van der Waals surface area contributed by atoms with E-state index in [1.807, 2.05) is 18.2 Å². The number of rotatable bonds is 8. The molecule has 0 saturated carbocycles. The predicted molar refractivity (Wildman–Crippen MR) is 86.9 cm³/mol. The van der Waals surface area contributed by atoms with Crippen LogP contribution in [0, 0.1) is 0 Å². The number of alkyl carbamates (subject to hydrolysis) is 1. The lowest BCUT2D eigenvalue weighted by Crippen LogP contribution is -2.45. The Bertz CT molecular complexity index is 576. The molecule has 0 aromatic heterocycles. The molecule has 23 heavy (non-hydrogen) atoms. The maximum Gasteiger partial charge on any atom is 0.407 e. The van der Waals surface area contributed by atoms with E-state index in [4.69, 9.17) is 9.84 Å². The molecule has 0 heterocycles. The van der Waals surface area contributed by atoms with Crippen LogP contribution in [0.15, 0.2) is 41.4 Å². The number of carbonyl (C=O) groups is 3. The van der Waals surface area contributed by atoms with E-state index < -0.39 is 24.0 Å². The van der Waals surface area contributed by atoms with Gasteiger partial charge < -0.3 is 20.5 Å². The van der Waals surface area contributed by atoms with Crippen LogP contribution < -0.4 is 10.6 Å². The van der Waals surface area contributed by atoms with Gasteiger partial charge in [-0.25, -0.2) is 9.59 Å². The fourth-order valence-corrected chi connectivity index (χ4v) is 1.92. The highest BCUT2D eigenvalue weighted by molar-refractivity contribution is 9.11. The molecule has 0 aliphatic carbocycles. The summed E-state index contributed by atoms with van der Waals surface area (Å²) < 4.78 is 5.37. The van der Waals surface area contributed by atoms with Crippen molar-refractivity contribution in [2.45, 2.75) is 19.1 Å². The van der Waals surface area contributed by atoms with Crippen LogP contribution in [-0.2, 0) is 20.9 Å². The quantitative estimate of drug-likeness (QED) is 0.633. The molecule has 3 N–H and O–H groups in total. The molecule has 0 spiro atoms. The van der Waals surface area contributed by atoms with Gasteiger partial charge >= 0.3 is 12.1 Å². The number of hydrogen-bond donors (Lipinski definition) is 3. The Morgan fingerprint density at radius 1 is 1.26 bits per heavy atom. The summed E-state index contributed by atoms with van der Waals surface area (Å²) in [7, 11) is 0. The van der Waals surface area contributed by atoms with Crippen molar-refractivity contribution < 1.29 is 24.2 Å². The molecule has 1 aromatic rings. The van der Waals surface area contributed by atoms with Crippen molar-refractivity contribution in [1.82, 2.24) is 10.6 Å². The second kappa shape index (κ2) is 9.62. The number of halogens is 1. The summed E-state index contributed by atoms with van der Waals surface area (Å²) >= 11 is 3.04. The van der Waals surface area contributed by atoms with Gasteiger partial charge in [0.15, 0.2) is 0 Å². The van der Waals surface area contributed by atoms with Crippen molar-refractivity contribution in [2.24, 2.45) is 0 Å². The molecule has 0 saturated heterocycles. The van der Waals surface area contributed by atoms with E-state index in [0.717, 1.165) is 5.56 Å². The monoisotopic (exact) mass is 384 g/mol. The van der Waals surface area contributed by atoms with Crippen LogP contribution >= 0.6 is 15.9 Å². The van der Waals surface area contributed by atoms with Gasteiger partial charge in [0, 0.05) is 6.42 Å². The lowest BCUT2D eigenvalue weighted by Gasteiger charge is -2.14. The minimum absolute atomic E-state index is 0.0412. The molecule has 0 aliphatic heterocycles. The zero-order valence-corrected chi connectivity index (χ0v) is 13.8. The summed E-state index contributed by atoms with van der Waals surface area (Å²) in [5.74, 6) is -1.83. The first-order valence-corrected chi connectivity index (χ1v) is 7.47. The number of benzene rings is 1. The summed E-state index contributed by atoms with van der Waals surface area (Å²) in [5, 5.41) is 13.5. The molecule has 1 atom stereocenters. The lowest BCUT2D eigenvalue weighted by molar-refractivity contribution is -0.141. The summed E-state index contributed by atoms with van der Waals surface area (Å²) in [6.45, 7) is 3.22. The van der Waals surface area contributed by atoms with Crippen LogP contribution in [-0.4, -0.2) is 35.7 Å². The Morgan fingerprint density at radius 2 is 1.91 bits per heavy atom. The Morgan fingerprint density at radius 3 is 2.48 bits per heavy atom. The zero-order chi connectivity index (χ0) is 17.2. The van der Waals surface area contributed by atoms with Gasteiger partial charge in [0.2, 0.25) is 5.91 Å². The van der Waals surface area contributed by atoms with Crippen molar-refractivity contribution in [3.63, 3.8) is 0 Å². The number of hydrogen-bond acceptors (Lipinski definition) is 4. The Hall–Kier alpha value is -2.35. The lowest BCUT2D eigenvalue weighted by atomic mass is 10.2. The van der Waals surface area contributed by atoms with Crippen LogP contribution in [0.25, 0.3) is 0 Å². The first kappa shape index (κ1) is 18.7. The third kappa shape index (κ3) is 8.01. The average Bonchev–Trinajstić information content (AvgIpc) is 2.50. The third-order valence-electron chi connectivity index (χ3n) is 2.66. The summed E-state index contributed by atoms with van der Waals surface area (Å²) in [6.07, 6.45) is -0.722. The summed E-state index contributed by atoms with van der Waals surface area (Å²) in [4.78, 5) is 34.1. The predicted octanol–water partition coefficient (Wildman–Crippen LogP) is 1.78. The van der Waals surface area contributed by atoms with Gasteiger partial charge in [-0.05, 0) is 10.0 Å². The normalized spacial score (nSPS) is 11.2. The van der Waals surface area contributed by atoms with Crippen LogP contribution in [0.3, 0.4) is 0 Å². The minimum atomic E-state index is -1.19. The van der Waals surface area contributed by atoms with Crippen LogP contribution in [0.2, 0.25) is 0 Å². The van der Waals surface area contributed by atoms with Crippen LogP contribution in [0.5, 0.6) is 0 Å². The minimum Gasteiger partial charge on any atom is -0.480 e. The molecule has 0 radical (unpaired) electrons. The van der Waals surface area contributed by atoms with Gasteiger partial charge in [-0.2, -0.15) is 0 Å². The Labute approximate surface area is 141 Å².